The molecule has 10 aromatic rings. The SMILES string of the molecule is CC1(C)c2ccccc2-c2cccc(-c3cccc4c3N(c3nc(-c5ccccc5)nc(-c5ccc6c(c5)oc5ccccc56)n3)c3ccc5ccccc5c3C4)c21.CCC. The van der Waals surface area contributed by atoms with Crippen molar-refractivity contribution in [3.8, 4) is 45.0 Å². The van der Waals surface area contributed by atoms with Crippen LogP contribution in [0.15, 0.2) is 174 Å². The number of nitrogens with zero attached hydrogens (tertiary/aromatic N) is 4. The Kier molecular flexibility index (Phi) is 8.67. The van der Waals surface area contributed by atoms with E-state index in [0.717, 1.165) is 56.4 Å². The quantitative estimate of drug-likeness (QED) is 0.178. The second-order valence-corrected chi connectivity index (χ2v) is 16.7. The molecule has 61 heavy (non-hydrogen) atoms. The van der Waals surface area contributed by atoms with Gasteiger partial charge in [0.25, 0.3) is 0 Å². The van der Waals surface area contributed by atoms with Crippen LogP contribution in [0.4, 0.5) is 17.3 Å². The van der Waals surface area contributed by atoms with Gasteiger partial charge >= 0.3 is 0 Å². The van der Waals surface area contributed by atoms with E-state index in [4.69, 9.17) is 19.4 Å². The van der Waals surface area contributed by atoms with Crippen molar-refractivity contribution in [1.82, 2.24) is 15.0 Å². The first-order valence-electron chi connectivity index (χ1n) is 21.3. The fourth-order valence-electron chi connectivity index (χ4n) is 9.70. The molecule has 0 bridgehead atoms. The van der Waals surface area contributed by atoms with Crippen molar-refractivity contribution in [3.05, 3.63) is 192 Å². The third kappa shape index (κ3) is 5.87. The zero-order valence-corrected chi connectivity index (χ0v) is 34.8. The van der Waals surface area contributed by atoms with Crippen molar-refractivity contribution in [2.24, 2.45) is 0 Å². The number of benzene rings is 8. The first-order chi connectivity index (χ1) is 29.9. The molecule has 2 aliphatic rings. The van der Waals surface area contributed by atoms with E-state index in [2.05, 4.69) is 166 Å². The van der Waals surface area contributed by atoms with Crippen molar-refractivity contribution < 1.29 is 4.42 Å². The molecule has 0 saturated heterocycles. The standard InChI is InChI=1S/C53H36N4O.C3H8/c1-53(2)44-24-10-8-19-37(44)40-21-13-22-41(48(40)53)42-23-12-17-34-30-43-36-18-7-6-14-32(36)27-29-45(43)57(49(34)42)52-55-50(33-15-4-3-5-16-33)54-51(56-52)35-26-28-39-38-20-9-11-25-46(38)58-47(39)31-35;1-3-2/h3-29,31H,30H2,1-2H3;3H2,1-2H3. The van der Waals surface area contributed by atoms with Crippen molar-refractivity contribution in [3.63, 3.8) is 0 Å². The lowest BCUT2D eigenvalue weighted by Gasteiger charge is -2.35. The van der Waals surface area contributed by atoms with Gasteiger partial charge in [0.2, 0.25) is 5.95 Å². The van der Waals surface area contributed by atoms with Crippen LogP contribution in [-0.2, 0) is 11.8 Å². The van der Waals surface area contributed by atoms with Gasteiger partial charge < -0.3 is 4.42 Å². The lowest BCUT2D eigenvalue weighted by atomic mass is 9.78. The Morgan fingerprint density at radius 3 is 2.02 bits per heavy atom. The number of rotatable bonds is 4. The average Bonchev–Trinajstić information content (AvgIpc) is 3.79. The molecular weight excluding hydrogens is 745 g/mol. The molecule has 0 unspecified atom stereocenters. The van der Waals surface area contributed by atoms with Crippen LogP contribution >= 0.6 is 0 Å². The van der Waals surface area contributed by atoms with Crippen molar-refractivity contribution in [2.75, 3.05) is 4.90 Å². The van der Waals surface area contributed by atoms with Crippen LogP contribution in [-0.4, -0.2) is 15.0 Å². The number of anilines is 3. The van der Waals surface area contributed by atoms with Crippen LogP contribution in [0, 0.1) is 0 Å². The molecule has 5 nitrogen and oxygen atoms in total. The van der Waals surface area contributed by atoms with Crippen molar-refractivity contribution in [2.45, 2.75) is 46.0 Å². The summed E-state index contributed by atoms with van der Waals surface area (Å²) in [5, 5.41) is 4.59. The van der Waals surface area contributed by atoms with Gasteiger partial charge in [0.1, 0.15) is 11.2 Å². The number of furan rings is 1. The first-order valence-corrected chi connectivity index (χ1v) is 21.3. The molecule has 3 heterocycles. The molecule has 0 N–H and O–H groups in total. The summed E-state index contributed by atoms with van der Waals surface area (Å²) in [7, 11) is 0. The summed E-state index contributed by atoms with van der Waals surface area (Å²) in [4.78, 5) is 18.3. The Labute approximate surface area is 356 Å². The third-order valence-corrected chi connectivity index (χ3v) is 12.3. The molecule has 12 rings (SSSR count). The molecule has 8 aromatic carbocycles. The van der Waals surface area contributed by atoms with Gasteiger partial charge in [0.15, 0.2) is 11.6 Å². The molecule has 1 aliphatic carbocycles. The van der Waals surface area contributed by atoms with Gasteiger partial charge in [-0.05, 0) is 74.0 Å². The Bertz CT molecular complexity index is 3330. The zero-order chi connectivity index (χ0) is 41.2. The molecule has 5 heteroatoms. The summed E-state index contributed by atoms with van der Waals surface area (Å²) in [6.45, 7) is 8.97. The van der Waals surface area contributed by atoms with Gasteiger partial charge in [-0.2, -0.15) is 9.97 Å². The highest BCUT2D eigenvalue weighted by Crippen LogP contribution is 2.55. The van der Waals surface area contributed by atoms with Crippen LogP contribution in [0.25, 0.3) is 77.7 Å². The number of hydrogen-bond donors (Lipinski definition) is 0. The molecule has 0 saturated carbocycles. The van der Waals surface area contributed by atoms with Crippen molar-refractivity contribution >= 4 is 50.0 Å². The summed E-state index contributed by atoms with van der Waals surface area (Å²) in [6.07, 6.45) is 2.03. The molecule has 0 fully saturated rings. The highest BCUT2D eigenvalue weighted by atomic mass is 16.3. The molecule has 0 amide bonds. The maximum absolute atomic E-state index is 6.37. The predicted octanol–water partition coefficient (Wildman–Crippen LogP) is 15.0. The van der Waals surface area contributed by atoms with Crippen LogP contribution < -0.4 is 4.90 Å². The molecule has 294 valence electrons. The highest BCUT2D eigenvalue weighted by Gasteiger charge is 2.39. The zero-order valence-electron chi connectivity index (χ0n) is 34.8. The molecule has 2 aromatic heterocycles. The maximum atomic E-state index is 6.37. The second-order valence-electron chi connectivity index (χ2n) is 16.7. The lowest BCUT2D eigenvalue weighted by Crippen LogP contribution is -2.23. The molecule has 0 atom stereocenters. The van der Waals surface area contributed by atoms with E-state index < -0.39 is 0 Å². The Balaban J connectivity index is 0.00000136. The van der Waals surface area contributed by atoms with E-state index in [1.165, 1.54) is 56.1 Å². The van der Waals surface area contributed by atoms with E-state index in [-0.39, 0.29) is 5.41 Å². The highest BCUT2D eigenvalue weighted by molar-refractivity contribution is 6.06. The van der Waals surface area contributed by atoms with Crippen LogP contribution in [0.1, 0.15) is 56.4 Å². The van der Waals surface area contributed by atoms with Crippen molar-refractivity contribution in [1.29, 1.82) is 0 Å². The predicted molar refractivity (Wildman–Crippen MR) is 252 cm³/mol. The molecule has 0 radical (unpaired) electrons. The fraction of sp³-hybridized carbons (Fsp3) is 0.125. The molecule has 0 spiro atoms. The van der Waals surface area contributed by atoms with Crippen LogP contribution in [0.5, 0.6) is 0 Å². The van der Waals surface area contributed by atoms with E-state index in [9.17, 15) is 0 Å². The van der Waals surface area contributed by atoms with Gasteiger partial charge in [-0.15, -0.1) is 0 Å². The topological polar surface area (TPSA) is 55.1 Å². The summed E-state index contributed by atoms with van der Waals surface area (Å²) < 4.78 is 6.37. The van der Waals surface area contributed by atoms with Gasteiger partial charge in [0, 0.05) is 39.3 Å². The van der Waals surface area contributed by atoms with Crippen LogP contribution in [0.2, 0.25) is 0 Å². The van der Waals surface area contributed by atoms with E-state index in [1.54, 1.807) is 0 Å². The first kappa shape index (κ1) is 36.7. The Morgan fingerprint density at radius 2 is 1.18 bits per heavy atom. The monoisotopic (exact) mass is 788 g/mol. The average molecular weight is 789 g/mol. The molecular formula is C56H44N4O. The van der Waals surface area contributed by atoms with Gasteiger partial charge in [-0.1, -0.05) is 180 Å². The fourth-order valence-corrected chi connectivity index (χ4v) is 9.70. The third-order valence-electron chi connectivity index (χ3n) is 12.3. The summed E-state index contributed by atoms with van der Waals surface area (Å²) in [6, 6.07) is 60.2. The molecule has 1 aliphatic heterocycles. The van der Waals surface area contributed by atoms with Gasteiger partial charge in [0.05, 0.1) is 11.4 Å². The maximum Gasteiger partial charge on any atom is 0.238 e. The van der Waals surface area contributed by atoms with Gasteiger partial charge in [-0.25, -0.2) is 4.98 Å². The lowest BCUT2D eigenvalue weighted by molar-refractivity contribution is 0.662. The van der Waals surface area contributed by atoms with Crippen LogP contribution in [0.3, 0.4) is 0 Å². The Morgan fingerprint density at radius 1 is 0.541 bits per heavy atom. The van der Waals surface area contributed by atoms with E-state index in [0.29, 0.717) is 17.6 Å². The van der Waals surface area contributed by atoms with E-state index >= 15 is 0 Å². The summed E-state index contributed by atoms with van der Waals surface area (Å²) >= 11 is 0. The smallest absolute Gasteiger partial charge is 0.238 e. The number of aromatic nitrogens is 3. The summed E-state index contributed by atoms with van der Waals surface area (Å²) in [5.41, 5.74) is 15.5. The number of para-hydroxylation sites is 2. The van der Waals surface area contributed by atoms with Gasteiger partial charge in [-0.3, -0.25) is 4.90 Å². The largest absolute Gasteiger partial charge is 0.456 e. The number of hydrogen-bond acceptors (Lipinski definition) is 5. The Hall–Kier alpha value is -7.37. The minimum Gasteiger partial charge on any atom is -0.456 e. The minimum atomic E-state index is -0.199. The second kappa shape index (κ2) is 14.4. The number of fused-ring (bicyclic) bond motifs is 10. The summed E-state index contributed by atoms with van der Waals surface area (Å²) in [5.74, 6) is 1.75. The van der Waals surface area contributed by atoms with E-state index in [1.807, 2.05) is 36.4 Å². The normalized spacial score (nSPS) is 13.3. The minimum absolute atomic E-state index is 0.199.